The van der Waals surface area contributed by atoms with E-state index < -0.39 is 5.97 Å². The normalized spacial score (nSPS) is 18.3. The average molecular weight is 533 g/mol. The molecule has 2 aromatic rings. The first kappa shape index (κ1) is 21.3. The topological polar surface area (TPSA) is 55.4 Å². The molecule has 4 nitrogen and oxygen atoms in total. The molecule has 0 saturated carbocycles. The van der Waals surface area contributed by atoms with Crippen LogP contribution in [0.2, 0.25) is 0 Å². The van der Waals surface area contributed by atoms with Crippen LogP contribution < -0.4 is 10.1 Å². The summed E-state index contributed by atoms with van der Waals surface area (Å²) in [6.45, 7) is 12.7. The van der Waals surface area contributed by atoms with E-state index in [9.17, 15) is 9.59 Å². The van der Waals surface area contributed by atoms with Crippen LogP contribution in [0.3, 0.4) is 0 Å². The molecule has 2 aliphatic rings. The zero-order valence-electron chi connectivity index (χ0n) is 17.8. The van der Waals surface area contributed by atoms with Gasteiger partial charge in [0.05, 0.1) is 16.8 Å². The Kier molecular flexibility index (Phi) is 4.83. The van der Waals surface area contributed by atoms with E-state index in [0.29, 0.717) is 33.7 Å². The van der Waals surface area contributed by atoms with Crippen LogP contribution in [0.15, 0.2) is 33.2 Å². The molecule has 0 saturated heterocycles. The van der Waals surface area contributed by atoms with Crippen molar-refractivity contribution in [3.63, 3.8) is 0 Å². The lowest BCUT2D eigenvalue weighted by Crippen LogP contribution is -2.17. The molecule has 2 heterocycles. The molecule has 2 aromatic carbocycles. The SMILES string of the molecule is CC(C)(C)c1cc2c(c(C(C)(C)C)c1)OC(=O)/C2=C1/C(=O)Nc2c(Br)cc(Br)cc21. The monoisotopic (exact) mass is 531 g/mol. The Bertz CT molecular complexity index is 1160. The Morgan fingerprint density at radius 1 is 0.833 bits per heavy atom. The van der Waals surface area contributed by atoms with Crippen molar-refractivity contribution in [2.45, 2.75) is 52.4 Å². The highest BCUT2D eigenvalue weighted by Crippen LogP contribution is 2.50. The molecule has 0 unspecified atom stereocenters. The quantitative estimate of drug-likeness (QED) is 0.236. The van der Waals surface area contributed by atoms with Gasteiger partial charge < -0.3 is 10.1 Å². The molecule has 0 radical (unpaired) electrons. The molecule has 0 bridgehead atoms. The van der Waals surface area contributed by atoms with Crippen LogP contribution in [0.4, 0.5) is 5.69 Å². The minimum atomic E-state index is -0.490. The first-order valence-electron chi connectivity index (χ1n) is 9.75. The summed E-state index contributed by atoms with van der Waals surface area (Å²) in [5.41, 5.74) is 4.40. The maximum absolute atomic E-state index is 13.1. The predicted molar refractivity (Wildman–Crippen MR) is 127 cm³/mol. The second-order valence-electron chi connectivity index (χ2n) is 9.80. The van der Waals surface area contributed by atoms with Crippen molar-refractivity contribution < 1.29 is 14.3 Å². The summed E-state index contributed by atoms with van der Waals surface area (Å²) in [6.07, 6.45) is 0. The molecule has 30 heavy (non-hydrogen) atoms. The summed E-state index contributed by atoms with van der Waals surface area (Å²) in [4.78, 5) is 26.1. The number of esters is 1. The molecule has 0 fully saturated rings. The maximum Gasteiger partial charge on any atom is 0.345 e. The van der Waals surface area contributed by atoms with Crippen molar-refractivity contribution >= 4 is 60.6 Å². The second-order valence-corrected chi connectivity index (χ2v) is 11.6. The number of anilines is 1. The number of amides is 1. The van der Waals surface area contributed by atoms with Crippen molar-refractivity contribution in [2.75, 3.05) is 5.32 Å². The molecule has 156 valence electrons. The number of carbonyl (C=O) groups excluding carboxylic acids is 2. The third-order valence-electron chi connectivity index (χ3n) is 5.47. The minimum Gasteiger partial charge on any atom is -0.422 e. The predicted octanol–water partition coefficient (Wildman–Crippen LogP) is 6.59. The van der Waals surface area contributed by atoms with Crippen LogP contribution >= 0.6 is 31.9 Å². The van der Waals surface area contributed by atoms with Crippen LogP contribution in [0.1, 0.15) is 63.8 Å². The molecule has 2 aliphatic heterocycles. The van der Waals surface area contributed by atoms with Crippen molar-refractivity contribution in [2.24, 2.45) is 0 Å². The summed E-state index contributed by atoms with van der Waals surface area (Å²) in [5.74, 6) is -0.240. The van der Waals surface area contributed by atoms with Gasteiger partial charge in [0, 0.05) is 25.6 Å². The number of carbonyl (C=O) groups is 2. The van der Waals surface area contributed by atoms with E-state index in [2.05, 4.69) is 84.8 Å². The van der Waals surface area contributed by atoms with Crippen LogP contribution in [-0.2, 0) is 20.4 Å². The fraction of sp³-hybridized carbons (Fsp3) is 0.333. The highest BCUT2D eigenvalue weighted by Gasteiger charge is 2.40. The number of hydrogen-bond donors (Lipinski definition) is 1. The molecular weight excluding hydrogens is 510 g/mol. The molecule has 0 spiro atoms. The van der Waals surface area contributed by atoms with Gasteiger partial charge in [-0.25, -0.2) is 4.79 Å². The van der Waals surface area contributed by atoms with Gasteiger partial charge in [-0.05, 0) is 50.5 Å². The largest absolute Gasteiger partial charge is 0.422 e. The summed E-state index contributed by atoms with van der Waals surface area (Å²) in [6, 6.07) is 7.83. The van der Waals surface area contributed by atoms with Gasteiger partial charge in [-0.15, -0.1) is 0 Å². The van der Waals surface area contributed by atoms with Gasteiger partial charge in [0.2, 0.25) is 0 Å². The molecule has 0 aromatic heterocycles. The lowest BCUT2D eigenvalue weighted by molar-refractivity contribution is -0.127. The van der Waals surface area contributed by atoms with Crippen LogP contribution in [-0.4, -0.2) is 11.9 Å². The molecule has 1 amide bonds. The third kappa shape index (κ3) is 3.34. The first-order chi connectivity index (χ1) is 13.8. The van der Waals surface area contributed by atoms with Crippen LogP contribution in [0.5, 0.6) is 5.75 Å². The van der Waals surface area contributed by atoms with Crippen molar-refractivity contribution in [3.05, 3.63) is 55.5 Å². The molecule has 0 aliphatic carbocycles. The summed E-state index contributed by atoms with van der Waals surface area (Å²) in [7, 11) is 0. The second kappa shape index (κ2) is 6.79. The fourth-order valence-corrected chi connectivity index (χ4v) is 5.17. The molecule has 1 N–H and O–H groups in total. The first-order valence-corrected chi connectivity index (χ1v) is 11.3. The zero-order valence-corrected chi connectivity index (χ0v) is 21.0. The van der Waals surface area contributed by atoms with E-state index in [1.807, 2.05) is 18.2 Å². The summed E-state index contributed by atoms with van der Waals surface area (Å²) >= 11 is 6.99. The Morgan fingerprint density at radius 2 is 1.50 bits per heavy atom. The molecule has 4 rings (SSSR count). The van der Waals surface area contributed by atoms with Crippen molar-refractivity contribution in [1.29, 1.82) is 0 Å². The number of rotatable bonds is 0. The van der Waals surface area contributed by atoms with Crippen LogP contribution in [0, 0.1) is 0 Å². The van der Waals surface area contributed by atoms with E-state index in [1.54, 1.807) is 0 Å². The number of hydrogen-bond acceptors (Lipinski definition) is 3. The minimum absolute atomic E-state index is 0.127. The number of benzene rings is 2. The van der Waals surface area contributed by atoms with Gasteiger partial charge in [0.1, 0.15) is 5.75 Å². The fourth-order valence-electron chi connectivity index (χ4n) is 3.85. The maximum atomic E-state index is 13.1. The van der Waals surface area contributed by atoms with E-state index in [1.165, 1.54) is 0 Å². The summed E-state index contributed by atoms with van der Waals surface area (Å²) in [5, 5.41) is 2.89. The Hall–Kier alpha value is -1.92. The Labute approximate surface area is 193 Å². The van der Waals surface area contributed by atoms with E-state index >= 15 is 0 Å². The van der Waals surface area contributed by atoms with Gasteiger partial charge >= 0.3 is 5.97 Å². The third-order valence-corrected chi connectivity index (χ3v) is 6.55. The van der Waals surface area contributed by atoms with E-state index in [4.69, 9.17) is 4.74 Å². The van der Waals surface area contributed by atoms with Crippen molar-refractivity contribution in [1.82, 2.24) is 0 Å². The highest BCUT2D eigenvalue weighted by molar-refractivity contribution is 9.11. The van der Waals surface area contributed by atoms with E-state index in [-0.39, 0.29) is 16.7 Å². The number of ether oxygens (including phenoxy) is 1. The van der Waals surface area contributed by atoms with Gasteiger partial charge in [-0.2, -0.15) is 0 Å². The van der Waals surface area contributed by atoms with Crippen LogP contribution in [0.25, 0.3) is 11.1 Å². The lowest BCUT2D eigenvalue weighted by Gasteiger charge is -2.26. The molecular formula is C24H23Br2NO3. The van der Waals surface area contributed by atoms with Gasteiger partial charge in [0.25, 0.3) is 5.91 Å². The summed E-state index contributed by atoms with van der Waals surface area (Å²) < 4.78 is 7.35. The van der Waals surface area contributed by atoms with Gasteiger partial charge in [-0.3, -0.25) is 4.79 Å². The molecule has 6 heteroatoms. The average Bonchev–Trinajstić information content (AvgIpc) is 3.08. The number of fused-ring (bicyclic) bond motifs is 2. The van der Waals surface area contributed by atoms with Gasteiger partial charge in [-0.1, -0.05) is 63.5 Å². The lowest BCUT2D eigenvalue weighted by atomic mass is 9.78. The highest BCUT2D eigenvalue weighted by atomic mass is 79.9. The smallest absolute Gasteiger partial charge is 0.345 e. The van der Waals surface area contributed by atoms with Crippen molar-refractivity contribution in [3.8, 4) is 5.75 Å². The number of nitrogens with one attached hydrogen (secondary N) is 1. The Balaban J connectivity index is 2.09. The number of halogens is 2. The zero-order chi connectivity index (χ0) is 22.2. The van der Waals surface area contributed by atoms with E-state index in [0.717, 1.165) is 20.1 Å². The van der Waals surface area contributed by atoms with Gasteiger partial charge in [0.15, 0.2) is 0 Å². The molecule has 0 atom stereocenters. The Morgan fingerprint density at radius 3 is 2.10 bits per heavy atom. The standard InChI is InChI=1S/C24H23Br2NO3/c1-23(2,3)11-7-14-18(22(29)30-20(14)15(8-11)24(4,5)6)17-13-9-12(25)10-16(26)19(13)27-21(17)28/h7-10H,1-6H3,(H,27,28)/b18-17+.